The SMILES string of the molecule is CC(C)c1ccccc1OCC(=O)NCCc1ncn[nH]1. The van der Waals surface area contributed by atoms with Crippen LogP contribution in [0.25, 0.3) is 0 Å². The van der Waals surface area contributed by atoms with Gasteiger partial charge in [-0.3, -0.25) is 9.89 Å². The molecule has 1 amide bonds. The van der Waals surface area contributed by atoms with Crippen LogP contribution in [-0.2, 0) is 11.2 Å². The van der Waals surface area contributed by atoms with Crippen molar-refractivity contribution in [1.82, 2.24) is 20.5 Å². The number of nitrogens with zero attached hydrogens (tertiary/aromatic N) is 2. The van der Waals surface area contributed by atoms with Crippen LogP contribution in [0, 0.1) is 0 Å². The lowest BCUT2D eigenvalue weighted by Crippen LogP contribution is -2.30. The van der Waals surface area contributed by atoms with E-state index in [4.69, 9.17) is 4.74 Å². The molecule has 0 saturated heterocycles. The second-order valence-corrected chi connectivity index (χ2v) is 5.01. The first kappa shape index (κ1) is 15.0. The van der Waals surface area contributed by atoms with Gasteiger partial charge in [0, 0.05) is 13.0 Å². The van der Waals surface area contributed by atoms with Gasteiger partial charge in [-0.1, -0.05) is 32.0 Å². The molecule has 0 aliphatic rings. The summed E-state index contributed by atoms with van der Waals surface area (Å²) in [5.41, 5.74) is 1.10. The van der Waals surface area contributed by atoms with Gasteiger partial charge in [-0.25, -0.2) is 4.98 Å². The monoisotopic (exact) mass is 288 g/mol. The van der Waals surface area contributed by atoms with E-state index in [-0.39, 0.29) is 12.5 Å². The quantitative estimate of drug-likeness (QED) is 0.812. The molecule has 6 heteroatoms. The minimum absolute atomic E-state index is 0.0140. The second kappa shape index (κ2) is 7.42. The van der Waals surface area contributed by atoms with Crippen LogP contribution < -0.4 is 10.1 Å². The van der Waals surface area contributed by atoms with Gasteiger partial charge in [0.05, 0.1) is 0 Å². The highest BCUT2D eigenvalue weighted by atomic mass is 16.5. The molecular weight excluding hydrogens is 268 g/mol. The molecule has 0 unspecified atom stereocenters. The normalized spacial score (nSPS) is 10.6. The van der Waals surface area contributed by atoms with Gasteiger partial charge in [0.15, 0.2) is 6.61 Å². The van der Waals surface area contributed by atoms with E-state index < -0.39 is 0 Å². The highest BCUT2D eigenvalue weighted by Crippen LogP contribution is 2.25. The number of ether oxygens (including phenoxy) is 1. The number of para-hydroxylation sites is 1. The fraction of sp³-hybridized carbons (Fsp3) is 0.400. The van der Waals surface area contributed by atoms with Crippen LogP contribution in [0.5, 0.6) is 5.75 Å². The minimum atomic E-state index is -0.145. The van der Waals surface area contributed by atoms with E-state index >= 15 is 0 Å². The number of aromatic nitrogens is 3. The van der Waals surface area contributed by atoms with E-state index in [1.807, 2.05) is 24.3 Å². The molecule has 2 N–H and O–H groups in total. The topological polar surface area (TPSA) is 79.9 Å². The van der Waals surface area contributed by atoms with E-state index in [2.05, 4.69) is 34.3 Å². The standard InChI is InChI=1S/C15H20N4O2/c1-11(2)12-5-3-4-6-13(12)21-9-15(20)16-8-7-14-17-10-18-19-14/h3-6,10-11H,7-9H2,1-2H3,(H,16,20)(H,17,18,19). The summed E-state index contributed by atoms with van der Waals surface area (Å²) >= 11 is 0. The van der Waals surface area contributed by atoms with Crippen molar-refractivity contribution in [2.45, 2.75) is 26.2 Å². The molecular formula is C15H20N4O2. The molecule has 0 spiro atoms. The van der Waals surface area contributed by atoms with Crippen LogP contribution in [-0.4, -0.2) is 34.2 Å². The van der Waals surface area contributed by atoms with Gasteiger partial charge in [0.2, 0.25) is 0 Å². The lowest BCUT2D eigenvalue weighted by atomic mass is 10.0. The maximum Gasteiger partial charge on any atom is 0.257 e. The Morgan fingerprint density at radius 1 is 1.38 bits per heavy atom. The number of carbonyl (C=O) groups is 1. The van der Waals surface area contributed by atoms with Gasteiger partial charge in [-0.2, -0.15) is 5.10 Å². The first-order valence-corrected chi connectivity index (χ1v) is 6.99. The Hall–Kier alpha value is -2.37. The van der Waals surface area contributed by atoms with Crippen LogP contribution >= 0.6 is 0 Å². The molecule has 21 heavy (non-hydrogen) atoms. The Kier molecular flexibility index (Phi) is 5.31. The number of nitrogens with one attached hydrogen (secondary N) is 2. The number of amides is 1. The number of hydrogen-bond acceptors (Lipinski definition) is 4. The molecule has 112 valence electrons. The molecule has 0 saturated carbocycles. The maximum absolute atomic E-state index is 11.7. The van der Waals surface area contributed by atoms with E-state index in [0.717, 1.165) is 17.1 Å². The summed E-state index contributed by atoms with van der Waals surface area (Å²) in [5.74, 6) is 1.73. The van der Waals surface area contributed by atoms with Crippen LogP contribution in [0.15, 0.2) is 30.6 Å². The fourth-order valence-corrected chi connectivity index (χ4v) is 1.95. The summed E-state index contributed by atoms with van der Waals surface area (Å²) < 4.78 is 5.60. The summed E-state index contributed by atoms with van der Waals surface area (Å²) in [4.78, 5) is 15.7. The fourth-order valence-electron chi connectivity index (χ4n) is 1.95. The Balaban J connectivity index is 1.76. The zero-order valence-corrected chi connectivity index (χ0v) is 12.3. The molecule has 0 bridgehead atoms. The van der Waals surface area contributed by atoms with Crippen LogP contribution in [0.4, 0.5) is 0 Å². The number of benzene rings is 1. The molecule has 1 heterocycles. The Morgan fingerprint density at radius 2 is 2.19 bits per heavy atom. The summed E-state index contributed by atoms with van der Waals surface area (Å²) in [5, 5.41) is 9.28. The molecule has 6 nitrogen and oxygen atoms in total. The second-order valence-electron chi connectivity index (χ2n) is 5.01. The average molecular weight is 288 g/mol. The molecule has 0 aliphatic carbocycles. The Labute approximate surface area is 123 Å². The number of rotatable bonds is 7. The van der Waals surface area contributed by atoms with Crippen molar-refractivity contribution in [3.8, 4) is 5.75 Å². The van der Waals surface area contributed by atoms with Gasteiger partial charge >= 0.3 is 0 Å². The van der Waals surface area contributed by atoms with E-state index in [9.17, 15) is 4.79 Å². The third kappa shape index (κ3) is 4.59. The third-order valence-corrected chi connectivity index (χ3v) is 3.05. The molecule has 0 aliphatic heterocycles. The maximum atomic E-state index is 11.7. The first-order valence-electron chi connectivity index (χ1n) is 6.99. The van der Waals surface area contributed by atoms with Crippen molar-refractivity contribution in [3.05, 3.63) is 42.0 Å². The predicted molar refractivity (Wildman–Crippen MR) is 79.1 cm³/mol. The van der Waals surface area contributed by atoms with E-state index in [1.165, 1.54) is 6.33 Å². The van der Waals surface area contributed by atoms with Crippen molar-refractivity contribution in [2.24, 2.45) is 0 Å². The smallest absolute Gasteiger partial charge is 0.257 e. The van der Waals surface area contributed by atoms with Crippen molar-refractivity contribution in [1.29, 1.82) is 0 Å². The molecule has 0 atom stereocenters. The molecule has 2 rings (SSSR count). The first-order chi connectivity index (χ1) is 10.2. The summed E-state index contributed by atoms with van der Waals surface area (Å²) in [6, 6.07) is 7.78. The largest absolute Gasteiger partial charge is 0.483 e. The summed E-state index contributed by atoms with van der Waals surface area (Å²) in [7, 11) is 0. The van der Waals surface area contributed by atoms with Crippen LogP contribution in [0.3, 0.4) is 0 Å². The van der Waals surface area contributed by atoms with Crippen LogP contribution in [0.2, 0.25) is 0 Å². The summed E-state index contributed by atoms with van der Waals surface area (Å²) in [6.45, 7) is 4.71. The predicted octanol–water partition coefficient (Wildman–Crippen LogP) is 1.67. The lowest BCUT2D eigenvalue weighted by Gasteiger charge is -2.13. The zero-order valence-electron chi connectivity index (χ0n) is 12.3. The van der Waals surface area contributed by atoms with E-state index in [0.29, 0.717) is 18.9 Å². The highest BCUT2D eigenvalue weighted by molar-refractivity contribution is 5.77. The van der Waals surface area contributed by atoms with Gasteiger partial charge in [0.25, 0.3) is 5.91 Å². The number of hydrogen-bond donors (Lipinski definition) is 2. The number of H-pyrrole nitrogens is 1. The molecule has 1 aromatic carbocycles. The Bertz CT molecular complexity index is 567. The lowest BCUT2D eigenvalue weighted by molar-refractivity contribution is -0.123. The van der Waals surface area contributed by atoms with Gasteiger partial charge in [0.1, 0.15) is 17.9 Å². The van der Waals surface area contributed by atoms with Crippen molar-refractivity contribution in [2.75, 3.05) is 13.2 Å². The molecule has 0 radical (unpaired) electrons. The molecule has 0 fully saturated rings. The van der Waals surface area contributed by atoms with E-state index in [1.54, 1.807) is 0 Å². The van der Waals surface area contributed by atoms with Gasteiger partial charge in [-0.05, 0) is 17.5 Å². The minimum Gasteiger partial charge on any atom is -0.483 e. The Morgan fingerprint density at radius 3 is 2.90 bits per heavy atom. The van der Waals surface area contributed by atoms with Gasteiger partial charge < -0.3 is 10.1 Å². The highest BCUT2D eigenvalue weighted by Gasteiger charge is 2.09. The average Bonchev–Trinajstić information content (AvgIpc) is 2.98. The molecule has 1 aromatic heterocycles. The number of carbonyl (C=O) groups excluding carboxylic acids is 1. The van der Waals surface area contributed by atoms with Crippen LogP contribution in [0.1, 0.15) is 31.2 Å². The number of aromatic amines is 1. The zero-order chi connectivity index (χ0) is 15.1. The van der Waals surface area contributed by atoms with Gasteiger partial charge in [-0.15, -0.1) is 0 Å². The summed E-state index contributed by atoms with van der Waals surface area (Å²) in [6.07, 6.45) is 2.07. The van der Waals surface area contributed by atoms with Crippen molar-refractivity contribution >= 4 is 5.91 Å². The molecule has 2 aromatic rings. The van der Waals surface area contributed by atoms with Crippen molar-refractivity contribution < 1.29 is 9.53 Å². The van der Waals surface area contributed by atoms with Crippen molar-refractivity contribution in [3.63, 3.8) is 0 Å². The third-order valence-electron chi connectivity index (χ3n) is 3.05.